The summed E-state index contributed by atoms with van der Waals surface area (Å²) in [5.74, 6) is 0.406. The topological polar surface area (TPSA) is 63.4 Å². The highest BCUT2D eigenvalue weighted by Gasteiger charge is 2.33. The first-order valence-electron chi connectivity index (χ1n) is 8.71. The van der Waals surface area contributed by atoms with Crippen molar-refractivity contribution in [2.45, 2.75) is 30.6 Å². The summed E-state index contributed by atoms with van der Waals surface area (Å²) in [5.41, 5.74) is 9.71. The molecule has 0 saturated carbocycles. The molecule has 0 saturated heterocycles. The zero-order valence-corrected chi connectivity index (χ0v) is 15.9. The summed E-state index contributed by atoms with van der Waals surface area (Å²) in [6.45, 7) is 2.07. The summed E-state index contributed by atoms with van der Waals surface area (Å²) in [4.78, 5) is 2.48. The van der Waals surface area contributed by atoms with Crippen LogP contribution in [0.1, 0.15) is 36.8 Å². The lowest BCUT2D eigenvalue weighted by molar-refractivity contribution is 0.486. The first-order chi connectivity index (χ1) is 11.8. The molecule has 2 aromatic rings. The zero-order valence-electron chi connectivity index (χ0n) is 15.1. The lowest BCUT2D eigenvalue weighted by Gasteiger charge is -2.22. The fourth-order valence-corrected chi connectivity index (χ4v) is 5.68. The second kappa shape index (κ2) is 6.71. The van der Waals surface area contributed by atoms with E-state index in [1.807, 2.05) is 49.3 Å². The van der Waals surface area contributed by atoms with Gasteiger partial charge in [0.05, 0.1) is 10.6 Å². The van der Waals surface area contributed by atoms with Crippen molar-refractivity contribution in [2.75, 3.05) is 30.5 Å². The molecule has 0 spiro atoms. The quantitative estimate of drug-likeness (QED) is 0.850. The predicted octanol–water partition coefficient (Wildman–Crippen LogP) is 3.67. The molecule has 134 valence electrons. The standard InChI is InChI=1S/C20H26N2O2S/c1-4-14-10-18(15-6-5-7-16(21)11-15)19-12-17(22(2)3)8-9-20(19)25(23,24)13-14/h5-9,11-12,14,18H,4,10,13,21H2,1-3H3/t14-,18+/m0/s1. The van der Waals surface area contributed by atoms with Crippen molar-refractivity contribution in [3.05, 3.63) is 53.6 Å². The van der Waals surface area contributed by atoms with Crippen LogP contribution in [0.4, 0.5) is 11.4 Å². The van der Waals surface area contributed by atoms with E-state index in [0.29, 0.717) is 10.6 Å². The number of sulfone groups is 1. The van der Waals surface area contributed by atoms with Crippen LogP contribution >= 0.6 is 0 Å². The Morgan fingerprint density at radius 1 is 1.16 bits per heavy atom. The molecule has 2 atom stereocenters. The van der Waals surface area contributed by atoms with Crippen LogP contribution in [0.25, 0.3) is 0 Å². The van der Waals surface area contributed by atoms with E-state index < -0.39 is 9.84 Å². The van der Waals surface area contributed by atoms with Crippen molar-refractivity contribution < 1.29 is 8.42 Å². The van der Waals surface area contributed by atoms with Gasteiger partial charge in [-0.3, -0.25) is 0 Å². The Morgan fingerprint density at radius 2 is 1.92 bits per heavy atom. The number of hydrogen-bond acceptors (Lipinski definition) is 4. The van der Waals surface area contributed by atoms with Crippen molar-refractivity contribution in [1.29, 1.82) is 0 Å². The Morgan fingerprint density at radius 3 is 2.56 bits per heavy atom. The summed E-state index contributed by atoms with van der Waals surface area (Å²) < 4.78 is 25.9. The normalized spacial score (nSPS) is 22.0. The van der Waals surface area contributed by atoms with Gasteiger partial charge in [0.25, 0.3) is 0 Å². The van der Waals surface area contributed by atoms with Crippen molar-refractivity contribution in [1.82, 2.24) is 0 Å². The van der Waals surface area contributed by atoms with E-state index >= 15 is 0 Å². The summed E-state index contributed by atoms with van der Waals surface area (Å²) in [6, 6.07) is 13.5. The largest absolute Gasteiger partial charge is 0.399 e. The van der Waals surface area contributed by atoms with Gasteiger partial charge < -0.3 is 10.6 Å². The van der Waals surface area contributed by atoms with Crippen molar-refractivity contribution in [2.24, 2.45) is 5.92 Å². The van der Waals surface area contributed by atoms with E-state index in [2.05, 4.69) is 13.0 Å². The van der Waals surface area contributed by atoms with Crippen molar-refractivity contribution in [3.8, 4) is 0 Å². The zero-order chi connectivity index (χ0) is 18.2. The highest BCUT2D eigenvalue weighted by atomic mass is 32.2. The number of nitrogens with two attached hydrogens (primary N) is 1. The second-order valence-electron chi connectivity index (χ2n) is 7.13. The molecule has 0 amide bonds. The smallest absolute Gasteiger partial charge is 0.178 e. The van der Waals surface area contributed by atoms with Crippen LogP contribution in [-0.4, -0.2) is 28.3 Å². The summed E-state index contributed by atoms with van der Waals surface area (Å²) in [6.07, 6.45) is 1.68. The van der Waals surface area contributed by atoms with Crippen LogP contribution in [-0.2, 0) is 9.84 Å². The highest BCUT2D eigenvalue weighted by Crippen LogP contribution is 2.41. The molecule has 5 heteroatoms. The Bertz CT molecular complexity index is 875. The number of nitrogen functional groups attached to an aromatic ring is 1. The molecule has 2 aromatic carbocycles. The molecule has 0 fully saturated rings. The number of anilines is 2. The Labute approximate surface area is 150 Å². The number of fused-ring (bicyclic) bond motifs is 1. The summed E-state index contributed by atoms with van der Waals surface area (Å²) >= 11 is 0. The Kier molecular flexibility index (Phi) is 4.78. The van der Waals surface area contributed by atoms with Gasteiger partial charge in [-0.15, -0.1) is 0 Å². The van der Waals surface area contributed by atoms with Crippen LogP contribution in [0.3, 0.4) is 0 Å². The lowest BCUT2D eigenvalue weighted by Crippen LogP contribution is -2.14. The first-order valence-corrected chi connectivity index (χ1v) is 10.4. The van der Waals surface area contributed by atoms with Gasteiger partial charge in [-0.1, -0.05) is 25.5 Å². The van der Waals surface area contributed by atoms with Gasteiger partial charge in [0.2, 0.25) is 0 Å². The molecule has 4 nitrogen and oxygen atoms in total. The molecule has 0 bridgehead atoms. The third kappa shape index (κ3) is 3.52. The van der Waals surface area contributed by atoms with Crippen LogP contribution in [0, 0.1) is 5.92 Å². The molecular weight excluding hydrogens is 332 g/mol. The average molecular weight is 359 g/mol. The van der Waals surface area contributed by atoms with Crippen LogP contribution in [0.2, 0.25) is 0 Å². The summed E-state index contributed by atoms with van der Waals surface area (Å²) in [5, 5.41) is 0. The molecule has 1 aliphatic heterocycles. The Balaban J connectivity index is 2.24. The SMILES string of the molecule is CC[C@H]1C[C@H](c2cccc(N)c2)c2cc(N(C)C)ccc2S(=O)(=O)C1. The second-order valence-corrected chi connectivity index (χ2v) is 9.13. The minimum Gasteiger partial charge on any atom is -0.399 e. The van der Waals surface area contributed by atoms with E-state index in [-0.39, 0.29) is 17.6 Å². The number of benzene rings is 2. The molecule has 1 heterocycles. The highest BCUT2D eigenvalue weighted by molar-refractivity contribution is 7.91. The van der Waals surface area contributed by atoms with Gasteiger partial charge in [-0.25, -0.2) is 8.42 Å². The van der Waals surface area contributed by atoms with Crippen LogP contribution in [0.5, 0.6) is 0 Å². The minimum atomic E-state index is -3.28. The van der Waals surface area contributed by atoms with Gasteiger partial charge in [-0.05, 0) is 53.8 Å². The Hall–Kier alpha value is -2.01. The average Bonchev–Trinajstić information content (AvgIpc) is 2.68. The molecule has 0 radical (unpaired) electrons. The van der Waals surface area contributed by atoms with Gasteiger partial charge in [0.1, 0.15) is 0 Å². The van der Waals surface area contributed by atoms with Gasteiger partial charge >= 0.3 is 0 Å². The molecule has 0 unspecified atom stereocenters. The number of hydrogen-bond donors (Lipinski definition) is 1. The fraction of sp³-hybridized carbons (Fsp3) is 0.400. The van der Waals surface area contributed by atoms with E-state index in [0.717, 1.165) is 29.7 Å². The van der Waals surface area contributed by atoms with E-state index in [1.54, 1.807) is 6.07 Å². The molecule has 2 N–H and O–H groups in total. The minimum absolute atomic E-state index is 0.0422. The van der Waals surface area contributed by atoms with Crippen molar-refractivity contribution in [3.63, 3.8) is 0 Å². The number of rotatable bonds is 3. The molecule has 1 aliphatic rings. The molecule has 25 heavy (non-hydrogen) atoms. The monoisotopic (exact) mass is 358 g/mol. The van der Waals surface area contributed by atoms with Crippen LogP contribution < -0.4 is 10.6 Å². The molecular formula is C20H26N2O2S. The maximum absolute atomic E-state index is 12.9. The third-order valence-electron chi connectivity index (χ3n) is 5.13. The van der Waals surface area contributed by atoms with Gasteiger partial charge in [-0.2, -0.15) is 0 Å². The van der Waals surface area contributed by atoms with Gasteiger partial charge in [0, 0.05) is 31.4 Å². The fourth-order valence-electron chi connectivity index (χ4n) is 3.67. The van der Waals surface area contributed by atoms with Crippen LogP contribution in [0.15, 0.2) is 47.4 Å². The molecule has 3 rings (SSSR count). The maximum Gasteiger partial charge on any atom is 0.178 e. The van der Waals surface area contributed by atoms with Crippen molar-refractivity contribution >= 4 is 21.2 Å². The molecule has 0 aromatic heterocycles. The molecule has 0 aliphatic carbocycles. The van der Waals surface area contributed by atoms with E-state index in [4.69, 9.17) is 5.73 Å². The maximum atomic E-state index is 12.9. The van der Waals surface area contributed by atoms with E-state index in [9.17, 15) is 8.42 Å². The summed E-state index contributed by atoms with van der Waals surface area (Å²) in [7, 11) is 0.656. The predicted molar refractivity (Wildman–Crippen MR) is 104 cm³/mol. The van der Waals surface area contributed by atoms with E-state index in [1.165, 1.54) is 0 Å². The first kappa shape index (κ1) is 17.8. The number of nitrogens with zero attached hydrogens (tertiary/aromatic N) is 1. The lowest BCUT2D eigenvalue weighted by atomic mass is 9.83. The third-order valence-corrected chi connectivity index (χ3v) is 7.09. The van der Waals surface area contributed by atoms with Gasteiger partial charge in [0.15, 0.2) is 9.84 Å².